The normalized spacial score (nSPS) is 15.9. The van der Waals surface area contributed by atoms with Gasteiger partial charge >= 0.3 is 6.09 Å². The number of amides is 1. The van der Waals surface area contributed by atoms with Crippen LogP contribution in [0, 0.1) is 0 Å². The van der Waals surface area contributed by atoms with Crippen molar-refractivity contribution in [2.24, 2.45) is 5.73 Å². The van der Waals surface area contributed by atoms with Crippen molar-refractivity contribution in [2.75, 3.05) is 46.9 Å². The number of hydrogen-bond acceptors (Lipinski definition) is 7. The molecule has 0 bridgehead atoms. The first-order chi connectivity index (χ1) is 18.5. The van der Waals surface area contributed by atoms with Crippen LogP contribution in [0.2, 0.25) is 0 Å². The molecule has 202 valence electrons. The monoisotopic (exact) mass is 518 g/mol. The summed E-state index contributed by atoms with van der Waals surface area (Å²) in [6, 6.07) is 26.4. The number of carbonyl (C=O) groups excluding carboxylic acids is 1. The smallest absolute Gasteiger partial charge is 0.410 e. The average Bonchev–Trinajstić information content (AvgIpc) is 2.97. The summed E-state index contributed by atoms with van der Waals surface area (Å²) in [5, 5.41) is 9.96. The fourth-order valence-electron chi connectivity index (χ4n) is 4.71. The summed E-state index contributed by atoms with van der Waals surface area (Å²) in [4.78, 5) is 18.4. The maximum Gasteiger partial charge on any atom is 0.410 e. The molecule has 1 amide bonds. The lowest BCUT2D eigenvalue weighted by Crippen LogP contribution is -2.50. The lowest BCUT2D eigenvalue weighted by atomic mass is 10.0. The molecule has 0 saturated carbocycles. The van der Waals surface area contributed by atoms with E-state index in [1.165, 1.54) is 0 Å². The number of benzene rings is 3. The molecule has 1 heterocycles. The van der Waals surface area contributed by atoms with E-state index in [0.717, 1.165) is 27.8 Å². The molecule has 1 fully saturated rings. The maximum atomic E-state index is 12.5. The van der Waals surface area contributed by atoms with Gasteiger partial charge in [-0.25, -0.2) is 4.79 Å². The fourth-order valence-corrected chi connectivity index (χ4v) is 4.71. The summed E-state index contributed by atoms with van der Waals surface area (Å²) in [7, 11) is 3.58. The number of hydrogen-bond donors (Lipinski definition) is 2. The zero-order valence-electron chi connectivity index (χ0n) is 22.2. The van der Waals surface area contributed by atoms with Crippen LogP contribution in [0.15, 0.2) is 78.9 Å². The Kier molecular flexibility index (Phi) is 9.86. The topological polar surface area (TPSA) is 91.5 Å². The average molecular weight is 519 g/mol. The third-order valence-electron chi connectivity index (χ3n) is 6.94. The molecule has 1 saturated heterocycles. The van der Waals surface area contributed by atoms with Crippen molar-refractivity contribution < 1.29 is 19.4 Å². The Labute approximate surface area is 225 Å². The predicted octanol–water partition coefficient (Wildman–Crippen LogP) is 3.66. The second kappa shape index (κ2) is 13.5. The summed E-state index contributed by atoms with van der Waals surface area (Å²) in [5.41, 5.74) is 11.0. The van der Waals surface area contributed by atoms with Crippen molar-refractivity contribution in [3.05, 3.63) is 95.6 Å². The number of aliphatic hydroxyl groups is 1. The van der Waals surface area contributed by atoms with Crippen molar-refractivity contribution in [3.8, 4) is 11.1 Å². The van der Waals surface area contributed by atoms with Gasteiger partial charge < -0.3 is 25.2 Å². The predicted molar refractivity (Wildman–Crippen MR) is 148 cm³/mol. The lowest BCUT2D eigenvalue weighted by Gasteiger charge is -2.38. The minimum Gasteiger partial charge on any atom is -0.445 e. The van der Waals surface area contributed by atoms with Gasteiger partial charge in [0.1, 0.15) is 19.1 Å². The van der Waals surface area contributed by atoms with E-state index in [-0.39, 0.29) is 25.5 Å². The first-order valence-corrected chi connectivity index (χ1v) is 13.0. The number of nitrogens with two attached hydrogens (primary N) is 1. The third-order valence-corrected chi connectivity index (χ3v) is 6.94. The van der Waals surface area contributed by atoms with Gasteiger partial charge in [-0.05, 0) is 40.9 Å². The van der Waals surface area contributed by atoms with Crippen molar-refractivity contribution in [1.82, 2.24) is 14.7 Å². The Morgan fingerprint density at radius 2 is 1.63 bits per heavy atom. The van der Waals surface area contributed by atoms with Crippen molar-refractivity contribution in [1.29, 1.82) is 0 Å². The van der Waals surface area contributed by atoms with Gasteiger partial charge in [0.15, 0.2) is 0 Å². The highest BCUT2D eigenvalue weighted by Crippen LogP contribution is 2.27. The molecule has 3 aromatic carbocycles. The van der Waals surface area contributed by atoms with Gasteiger partial charge in [-0.15, -0.1) is 0 Å². The molecule has 38 heavy (non-hydrogen) atoms. The minimum atomic E-state index is -0.661. The van der Waals surface area contributed by atoms with Gasteiger partial charge in [-0.2, -0.15) is 0 Å². The summed E-state index contributed by atoms with van der Waals surface area (Å²) < 4.78 is 11.4. The Balaban J connectivity index is 1.33. The summed E-state index contributed by atoms with van der Waals surface area (Å²) in [5.74, 6) is 0. The van der Waals surface area contributed by atoms with Crippen LogP contribution in [0.4, 0.5) is 4.79 Å². The molecule has 2 atom stereocenters. The minimum absolute atomic E-state index is 0.190. The molecule has 0 aromatic heterocycles. The zero-order chi connectivity index (χ0) is 26.9. The van der Waals surface area contributed by atoms with Crippen LogP contribution in [0.1, 0.15) is 22.9 Å². The van der Waals surface area contributed by atoms with Crippen molar-refractivity contribution >= 4 is 6.09 Å². The molecule has 0 aliphatic carbocycles. The van der Waals surface area contributed by atoms with Crippen LogP contribution in [-0.4, -0.2) is 79.0 Å². The molecule has 8 nitrogen and oxygen atoms in total. The van der Waals surface area contributed by atoms with Gasteiger partial charge in [0.05, 0.1) is 0 Å². The van der Waals surface area contributed by atoms with E-state index in [9.17, 15) is 9.90 Å². The van der Waals surface area contributed by atoms with Gasteiger partial charge in [0, 0.05) is 46.4 Å². The molecule has 1 aliphatic rings. The number of aliphatic hydroxyl groups excluding tert-OH is 1. The zero-order valence-corrected chi connectivity index (χ0v) is 22.2. The standard InChI is InChI=1S/C30H38N4O4/c1-32(28(35)20-31)21-24-9-6-10-27(19-24)25-11-13-26(14-12-25)29(37-2)33-15-17-34(18-16-33)30(36)38-22-23-7-4-3-5-8-23/h3-14,19,28-29,35H,15-18,20-22,31H2,1-2H3. The molecule has 2 unspecified atom stereocenters. The summed E-state index contributed by atoms with van der Waals surface area (Å²) >= 11 is 0. The van der Waals surface area contributed by atoms with Crippen LogP contribution in [-0.2, 0) is 22.6 Å². The van der Waals surface area contributed by atoms with Crippen molar-refractivity contribution in [2.45, 2.75) is 25.6 Å². The van der Waals surface area contributed by atoms with E-state index in [4.69, 9.17) is 15.2 Å². The number of methoxy groups -OCH3 is 1. The SMILES string of the molecule is COC(c1ccc(-c2cccc(CN(C)C(O)CN)c2)cc1)N1CCN(C(=O)OCc2ccccc2)CC1. The van der Waals surface area contributed by atoms with Crippen LogP contribution in [0.5, 0.6) is 0 Å². The maximum absolute atomic E-state index is 12.5. The van der Waals surface area contributed by atoms with Gasteiger partial charge in [0.2, 0.25) is 0 Å². The third kappa shape index (κ3) is 7.18. The highest BCUT2D eigenvalue weighted by Gasteiger charge is 2.27. The molecule has 0 radical (unpaired) electrons. The number of rotatable bonds is 10. The van der Waals surface area contributed by atoms with E-state index < -0.39 is 6.23 Å². The molecule has 1 aliphatic heterocycles. The highest BCUT2D eigenvalue weighted by atomic mass is 16.6. The largest absolute Gasteiger partial charge is 0.445 e. The Morgan fingerprint density at radius 1 is 0.947 bits per heavy atom. The van der Waals surface area contributed by atoms with Crippen LogP contribution in [0.3, 0.4) is 0 Å². The number of nitrogens with zero attached hydrogens (tertiary/aromatic N) is 3. The molecular weight excluding hydrogens is 480 g/mol. The Hall–Kier alpha value is -3.27. The first-order valence-electron chi connectivity index (χ1n) is 13.0. The van der Waals surface area contributed by atoms with E-state index in [1.54, 1.807) is 12.0 Å². The Morgan fingerprint density at radius 3 is 2.29 bits per heavy atom. The Bertz CT molecular complexity index is 1150. The summed E-state index contributed by atoms with van der Waals surface area (Å²) in [6.07, 6.45) is -1.13. The van der Waals surface area contributed by atoms with Crippen LogP contribution < -0.4 is 5.73 Å². The second-order valence-corrected chi connectivity index (χ2v) is 9.61. The highest BCUT2D eigenvalue weighted by molar-refractivity contribution is 5.68. The first kappa shape index (κ1) is 27.8. The van der Waals surface area contributed by atoms with Crippen molar-refractivity contribution in [3.63, 3.8) is 0 Å². The number of piperazine rings is 1. The van der Waals surface area contributed by atoms with E-state index in [1.807, 2.05) is 48.3 Å². The lowest BCUT2D eigenvalue weighted by molar-refractivity contribution is -0.0550. The molecule has 8 heteroatoms. The van der Waals surface area contributed by atoms with Gasteiger partial charge in [-0.3, -0.25) is 9.80 Å². The van der Waals surface area contributed by atoms with E-state index >= 15 is 0 Å². The van der Waals surface area contributed by atoms with Crippen LogP contribution in [0.25, 0.3) is 11.1 Å². The molecule has 3 aromatic rings. The summed E-state index contributed by atoms with van der Waals surface area (Å²) in [6.45, 7) is 3.67. The number of carbonyl (C=O) groups is 1. The van der Waals surface area contributed by atoms with E-state index in [2.05, 4.69) is 47.4 Å². The van der Waals surface area contributed by atoms with Gasteiger partial charge in [-0.1, -0.05) is 72.8 Å². The quantitative estimate of drug-likeness (QED) is 0.396. The molecule has 0 spiro atoms. The second-order valence-electron chi connectivity index (χ2n) is 9.61. The number of ether oxygens (including phenoxy) is 2. The molecule has 3 N–H and O–H groups in total. The molecular formula is C30H38N4O4. The van der Waals surface area contributed by atoms with Gasteiger partial charge in [0.25, 0.3) is 0 Å². The molecule has 4 rings (SSSR count). The number of likely N-dealkylation sites (N-methyl/N-ethyl adjacent to an activating group) is 1. The fraction of sp³-hybridized carbons (Fsp3) is 0.367. The van der Waals surface area contributed by atoms with Crippen LogP contribution >= 0.6 is 0 Å². The van der Waals surface area contributed by atoms with E-state index in [0.29, 0.717) is 32.7 Å².